The smallest absolute Gasteiger partial charge is 0.0193 e. The highest BCUT2D eigenvalue weighted by molar-refractivity contribution is 8.03. The molecule has 0 saturated heterocycles. The molecule has 0 unspecified atom stereocenters. The first kappa shape index (κ1) is 21.1. The average molecular weight is 345 g/mol. The second kappa shape index (κ2) is 10.1. The van der Waals surface area contributed by atoms with Crippen LogP contribution in [0, 0.1) is 5.41 Å². The molecular weight excluding hydrogens is 308 g/mol. The standard InChI is InChI=1S/C23H36S/c1-8-18(4)12-11-13-21(20(9-2)10-3)17-24-22-16-23(6,7)15-14-19(22)5/h8,11-12,14-15H,9-10,13,16-17H2,1-7H3/b12-11-,18-8-. The highest BCUT2D eigenvalue weighted by Crippen LogP contribution is 2.40. The van der Waals surface area contributed by atoms with Gasteiger partial charge in [-0.3, -0.25) is 0 Å². The fraction of sp³-hybridized carbons (Fsp3) is 0.565. The van der Waals surface area contributed by atoms with Crippen molar-refractivity contribution in [1.82, 2.24) is 0 Å². The van der Waals surface area contributed by atoms with Crippen molar-refractivity contribution >= 4 is 11.8 Å². The third-order valence-electron chi connectivity index (χ3n) is 4.82. The fourth-order valence-electron chi connectivity index (χ4n) is 2.93. The Labute approximate surface area is 154 Å². The predicted octanol–water partition coefficient (Wildman–Crippen LogP) is 8.01. The van der Waals surface area contributed by atoms with Crippen LogP contribution in [0.25, 0.3) is 0 Å². The van der Waals surface area contributed by atoms with E-state index in [9.17, 15) is 0 Å². The fourth-order valence-corrected chi connectivity index (χ4v) is 4.37. The number of thioether (sulfide) groups is 1. The molecule has 0 nitrogen and oxygen atoms in total. The molecule has 24 heavy (non-hydrogen) atoms. The number of hydrogen-bond acceptors (Lipinski definition) is 1. The quantitative estimate of drug-likeness (QED) is 0.317. The van der Waals surface area contributed by atoms with E-state index in [2.05, 4.69) is 90.6 Å². The van der Waals surface area contributed by atoms with Crippen LogP contribution in [0.4, 0.5) is 0 Å². The molecule has 0 heterocycles. The van der Waals surface area contributed by atoms with Crippen molar-refractivity contribution in [2.75, 3.05) is 5.75 Å². The largest absolute Gasteiger partial charge is 0.126 e. The van der Waals surface area contributed by atoms with Gasteiger partial charge < -0.3 is 0 Å². The Morgan fingerprint density at radius 1 is 1.21 bits per heavy atom. The van der Waals surface area contributed by atoms with Gasteiger partial charge in [0, 0.05) is 5.75 Å². The molecule has 0 aromatic carbocycles. The van der Waals surface area contributed by atoms with Crippen molar-refractivity contribution in [3.8, 4) is 0 Å². The van der Waals surface area contributed by atoms with Gasteiger partial charge in [-0.1, -0.05) is 74.8 Å². The lowest BCUT2D eigenvalue weighted by atomic mass is 9.84. The second-order valence-corrected chi connectivity index (χ2v) is 8.52. The number of allylic oxidation sites excluding steroid dienone is 9. The van der Waals surface area contributed by atoms with Crippen molar-refractivity contribution < 1.29 is 0 Å². The van der Waals surface area contributed by atoms with Crippen LogP contribution >= 0.6 is 11.8 Å². The van der Waals surface area contributed by atoms with Crippen molar-refractivity contribution in [2.24, 2.45) is 5.41 Å². The molecule has 134 valence electrons. The maximum Gasteiger partial charge on any atom is 0.0193 e. The van der Waals surface area contributed by atoms with E-state index in [-0.39, 0.29) is 0 Å². The Kier molecular flexibility index (Phi) is 8.91. The van der Waals surface area contributed by atoms with E-state index in [1.54, 1.807) is 16.1 Å². The first-order valence-electron chi connectivity index (χ1n) is 9.34. The lowest BCUT2D eigenvalue weighted by molar-refractivity contribution is 0.478. The third kappa shape index (κ3) is 6.89. The molecule has 0 aliphatic heterocycles. The molecule has 0 amide bonds. The SMILES string of the molecule is C/C=C(C)\C=C/CC(CSC1=C(C)C=CC(C)(C)C1)=C(CC)CC. The normalized spacial score (nSPS) is 17.7. The Morgan fingerprint density at radius 2 is 1.88 bits per heavy atom. The summed E-state index contributed by atoms with van der Waals surface area (Å²) >= 11 is 2.06. The minimum atomic E-state index is 0.299. The van der Waals surface area contributed by atoms with Gasteiger partial charge in [0.15, 0.2) is 0 Å². The van der Waals surface area contributed by atoms with Crippen LogP contribution in [0.2, 0.25) is 0 Å². The molecule has 0 radical (unpaired) electrons. The summed E-state index contributed by atoms with van der Waals surface area (Å²) in [6, 6.07) is 0. The zero-order valence-corrected chi connectivity index (χ0v) is 17.6. The first-order chi connectivity index (χ1) is 11.3. The average Bonchev–Trinajstić information content (AvgIpc) is 2.55. The molecule has 0 N–H and O–H groups in total. The van der Waals surface area contributed by atoms with Crippen LogP contribution < -0.4 is 0 Å². The van der Waals surface area contributed by atoms with Gasteiger partial charge in [-0.25, -0.2) is 0 Å². The molecule has 1 aliphatic carbocycles. The van der Waals surface area contributed by atoms with E-state index in [0.29, 0.717) is 5.41 Å². The van der Waals surface area contributed by atoms with Crippen molar-refractivity contribution in [3.63, 3.8) is 0 Å². The summed E-state index contributed by atoms with van der Waals surface area (Å²) in [6.45, 7) is 15.8. The lowest BCUT2D eigenvalue weighted by Crippen LogP contribution is -2.12. The van der Waals surface area contributed by atoms with Gasteiger partial charge >= 0.3 is 0 Å². The molecule has 1 aliphatic rings. The first-order valence-corrected chi connectivity index (χ1v) is 10.3. The van der Waals surface area contributed by atoms with Gasteiger partial charge in [-0.2, -0.15) is 0 Å². The minimum Gasteiger partial charge on any atom is -0.126 e. The zero-order chi connectivity index (χ0) is 18.2. The summed E-state index contributed by atoms with van der Waals surface area (Å²) in [5.74, 6) is 1.13. The molecule has 0 spiro atoms. The van der Waals surface area contributed by atoms with Crippen molar-refractivity contribution in [1.29, 1.82) is 0 Å². The van der Waals surface area contributed by atoms with Gasteiger partial charge in [-0.05, 0) is 62.3 Å². The molecular formula is C23H36S. The minimum absolute atomic E-state index is 0.299. The monoisotopic (exact) mass is 344 g/mol. The van der Waals surface area contributed by atoms with E-state index < -0.39 is 0 Å². The summed E-state index contributed by atoms with van der Waals surface area (Å²) in [5.41, 5.74) is 6.35. The van der Waals surface area contributed by atoms with Crippen LogP contribution in [-0.4, -0.2) is 5.75 Å². The maximum absolute atomic E-state index is 2.36. The van der Waals surface area contributed by atoms with Crippen LogP contribution in [0.1, 0.15) is 74.1 Å². The molecule has 0 saturated carbocycles. The summed E-state index contributed by atoms with van der Waals surface area (Å²) < 4.78 is 0. The predicted molar refractivity (Wildman–Crippen MR) is 113 cm³/mol. The van der Waals surface area contributed by atoms with E-state index >= 15 is 0 Å². The zero-order valence-electron chi connectivity index (χ0n) is 16.8. The Morgan fingerprint density at radius 3 is 2.46 bits per heavy atom. The second-order valence-electron chi connectivity index (χ2n) is 7.45. The van der Waals surface area contributed by atoms with Crippen molar-refractivity contribution in [2.45, 2.75) is 74.1 Å². The number of hydrogen-bond donors (Lipinski definition) is 0. The maximum atomic E-state index is 2.36. The summed E-state index contributed by atoms with van der Waals surface area (Å²) in [5, 5.41) is 0. The van der Waals surface area contributed by atoms with E-state index in [0.717, 1.165) is 12.2 Å². The molecule has 0 atom stereocenters. The van der Waals surface area contributed by atoms with Gasteiger partial charge in [0.25, 0.3) is 0 Å². The Bertz CT molecular complexity index is 559. The molecule has 1 heteroatoms. The topological polar surface area (TPSA) is 0 Å². The van der Waals surface area contributed by atoms with Crippen LogP contribution in [0.15, 0.2) is 57.6 Å². The summed E-state index contributed by atoms with van der Waals surface area (Å²) in [4.78, 5) is 1.57. The summed E-state index contributed by atoms with van der Waals surface area (Å²) in [6.07, 6.45) is 16.0. The van der Waals surface area contributed by atoms with Crippen LogP contribution in [0.5, 0.6) is 0 Å². The molecule has 0 aromatic heterocycles. The summed E-state index contributed by atoms with van der Waals surface area (Å²) in [7, 11) is 0. The highest BCUT2D eigenvalue weighted by atomic mass is 32.2. The molecule has 0 aromatic rings. The molecule has 1 rings (SSSR count). The van der Waals surface area contributed by atoms with E-state index in [1.165, 1.54) is 30.4 Å². The van der Waals surface area contributed by atoms with Crippen molar-refractivity contribution in [3.05, 3.63) is 57.6 Å². The van der Waals surface area contributed by atoms with Crippen LogP contribution in [0.3, 0.4) is 0 Å². The molecule has 0 fully saturated rings. The van der Waals surface area contributed by atoms with Gasteiger partial charge in [0.05, 0.1) is 0 Å². The van der Waals surface area contributed by atoms with Crippen LogP contribution in [-0.2, 0) is 0 Å². The Hall–Kier alpha value is -0.950. The van der Waals surface area contributed by atoms with E-state index in [4.69, 9.17) is 0 Å². The van der Waals surface area contributed by atoms with Gasteiger partial charge in [0.2, 0.25) is 0 Å². The third-order valence-corrected chi connectivity index (χ3v) is 6.12. The van der Waals surface area contributed by atoms with Gasteiger partial charge in [-0.15, -0.1) is 11.8 Å². The Balaban J connectivity index is 2.85. The molecule has 0 bridgehead atoms. The van der Waals surface area contributed by atoms with Gasteiger partial charge in [0.1, 0.15) is 0 Å². The lowest BCUT2D eigenvalue weighted by Gasteiger charge is -2.27. The van der Waals surface area contributed by atoms with E-state index in [1.807, 2.05) is 0 Å². The number of rotatable bonds is 8. The highest BCUT2D eigenvalue weighted by Gasteiger charge is 2.21.